The second-order valence-electron chi connectivity index (χ2n) is 4.13. The molecule has 1 aromatic heterocycles. The van der Waals surface area contributed by atoms with Gasteiger partial charge in [-0.3, -0.25) is 4.98 Å². The summed E-state index contributed by atoms with van der Waals surface area (Å²) < 4.78 is 18.9. The number of nitrogens with zero attached hydrogens (tertiary/aromatic N) is 1. The predicted octanol–water partition coefficient (Wildman–Crippen LogP) is 2.93. The highest BCUT2D eigenvalue weighted by Crippen LogP contribution is 2.29. The highest BCUT2D eigenvalue weighted by Gasteiger charge is 2.17. The predicted molar refractivity (Wildman–Crippen MR) is 72.7 cm³/mol. The van der Waals surface area contributed by atoms with Crippen LogP contribution in [-0.4, -0.2) is 18.6 Å². The summed E-state index contributed by atoms with van der Waals surface area (Å²) in [6, 6.07) is 9.08. The van der Waals surface area contributed by atoms with Crippen molar-refractivity contribution in [3.05, 3.63) is 59.7 Å². The van der Waals surface area contributed by atoms with Crippen molar-refractivity contribution >= 4 is 0 Å². The second kappa shape index (κ2) is 6.29. The largest absolute Gasteiger partial charge is 0.494 e. The maximum atomic E-state index is 13.3. The van der Waals surface area contributed by atoms with Gasteiger partial charge in [0.1, 0.15) is 11.6 Å². The van der Waals surface area contributed by atoms with Gasteiger partial charge in [0, 0.05) is 11.8 Å². The number of para-hydroxylation sites is 1. The van der Waals surface area contributed by atoms with Crippen LogP contribution in [0.2, 0.25) is 0 Å². The molecule has 4 heteroatoms. The Morgan fingerprint density at radius 1 is 1.32 bits per heavy atom. The number of hydrogen-bond donors (Lipinski definition) is 1. The fraction of sp³-hybridized carbons (Fsp3) is 0.267. The quantitative estimate of drug-likeness (QED) is 0.897. The topological polar surface area (TPSA) is 34.1 Å². The molecule has 1 atom stereocenters. The van der Waals surface area contributed by atoms with Gasteiger partial charge in [-0.05, 0) is 31.7 Å². The third-order valence-electron chi connectivity index (χ3n) is 2.88. The van der Waals surface area contributed by atoms with Crippen LogP contribution >= 0.6 is 0 Å². The minimum Gasteiger partial charge on any atom is -0.494 e. The van der Waals surface area contributed by atoms with E-state index in [4.69, 9.17) is 4.74 Å². The number of hydrogen-bond acceptors (Lipinski definition) is 3. The zero-order chi connectivity index (χ0) is 13.7. The molecular formula is C15H17FN2O. The molecule has 0 aliphatic heterocycles. The fourth-order valence-electron chi connectivity index (χ4n) is 2.09. The van der Waals surface area contributed by atoms with Crippen LogP contribution in [0.3, 0.4) is 0 Å². The first-order valence-corrected chi connectivity index (χ1v) is 6.25. The Morgan fingerprint density at radius 3 is 2.79 bits per heavy atom. The lowest BCUT2D eigenvalue weighted by molar-refractivity contribution is 0.334. The third kappa shape index (κ3) is 3.09. The maximum Gasteiger partial charge on any atom is 0.141 e. The summed E-state index contributed by atoms with van der Waals surface area (Å²) in [7, 11) is 1.83. The molecule has 0 spiro atoms. The molecule has 3 nitrogen and oxygen atoms in total. The molecule has 0 aliphatic carbocycles. The van der Waals surface area contributed by atoms with E-state index in [1.807, 2.05) is 38.2 Å². The fourth-order valence-corrected chi connectivity index (χ4v) is 2.09. The minimum absolute atomic E-state index is 0.147. The van der Waals surface area contributed by atoms with E-state index in [1.54, 1.807) is 6.20 Å². The van der Waals surface area contributed by atoms with Gasteiger partial charge >= 0.3 is 0 Å². The van der Waals surface area contributed by atoms with Crippen molar-refractivity contribution in [2.75, 3.05) is 13.7 Å². The lowest BCUT2D eigenvalue weighted by Crippen LogP contribution is -2.19. The van der Waals surface area contributed by atoms with E-state index in [-0.39, 0.29) is 11.9 Å². The average Bonchev–Trinajstić information content (AvgIpc) is 2.42. The summed E-state index contributed by atoms with van der Waals surface area (Å²) in [5.41, 5.74) is 1.74. The van der Waals surface area contributed by atoms with Gasteiger partial charge in [0.25, 0.3) is 0 Å². The zero-order valence-electron chi connectivity index (χ0n) is 11.1. The van der Waals surface area contributed by atoms with E-state index in [1.165, 1.54) is 12.3 Å². The van der Waals surface area contributed by atoms with Gasteiger partial charge in [0.2, 0.25) is 0 Å². The standard InChI is InChI=1S/C15H17FN2O/c1-3-19-14-7-5-4-6-13(14)15(17-2)11-8-12(16)10-18-9-11/h4-10,15,17H,3H2,1-2H3. The number of nitrogens with one attached hydrogen (secondary N) is 1. The first-order valence-electron chi connectivity index (χ1n) is 6.25. The van der Waals surface area contributed by atoms with Crippen LogP contribution < -0.4 is 10.1 Å². The summed E-state index contributed by atoms with van der Waals surface area (Å²) in [4.78, 5) is 3.90. The number of aromatic nitrogens is 1. The zero-order valence-corrected chi connectivity index (χ0v) is 11.1. The molecule has 0 bridgehead atoms. The molecule has 2 rings (SSSR count). The smallest absolute Gasteiger partial charge is 0.141 e. The van der Waals surface area contributed by atoms with E-state index in [2.05, 4.69) is 10.3 Å². The molecule has 1 heterocycles. The molecule has 0 fully saturated rings. The minimum atomic E-state index is -0.341. The van der Waals surface area contributed by atoms with Gasteiger partial charge in [0.15, 0.2) is 0 Å². The summed E-state index contributed by atoms with van der Waals surface area (Å²) in [5, 5.41) is 3.17. The molecule has 1 N–H and O–H groups in total. The van der Waals surface area contributed by atoms with E-state index in [9.17, 15) is 4.39 Å². The Balaban J connectivity index is 2.42. The van der Waals surface area contributed by atoms with Crippen molar-refractivity contribution in [1.82, 2.24) is 10.3 Å². The highest BCUT2D eigenvalue weighted by molar-refractivity contribution is 5.41. The monoisotopic (exact) mass is 260 g/mol. The van der Waals surface area contributed by atoms with Crippen LogP contribution in [0, 0.1) is 5.82 Å². The molecule has 2 aromatic rings. The molecular weight excluding hydrogens is 243 g/mol. The van der Waals surface area contributed by atoms with E-state index >= 15 is 0 Å². The molecule has 0 saturated carbocycles. The Bertz CT molecular complexity index is 545. The molecule has 0 amide bonds. The lowest BCUT2D eigenvalue weighted by Gasteiger charge is -2.20. The number of halogens is 1. The van der Waals surface area contributed by atoms with Gasteiger partial charge < -0.3 is 10.1 Å². The number of benzene rings is 1. The average molecular weight is 260 g/mol. The van der Waals surface area contributed by atoms with Crippen molar-refractivity contribution in [3.63, 3.8) is 0 Å². The van der Waals surface area contributed by atoms with Gasteiger partial charge in [0.05, 0.1) is 18.8 Å². The normalized spacial score (nSPS) is 12.2. The van der Waals surface area contributed by atoms with Crippen molar-refractivity contribution in [1.29, 1.82) is 0 Å². The molecule has 0 radical (unpaired) electrons. The van der Waals surface area contributed by atoms with Crippen LogP contribution in [-0.2, 0) is 0 Å². The van der Waals surface area contributed by atoms with Crippen LogP contribution in [0.1, 0.15) is 24.1 Å². The SMILES string of the molecule is CCOc1ccccc1C(NC)c1cncc(F)c1. The Hall–Kier alpha value is -1.94. The van der Waals surface area contributed by atoms with Gasteiger partial charge in [-0.1, -0.05) is 18.2 Å². The van der Waals surface area contributed by atoms with Crippen LogP contribution in [0.25, 0.3) is 0 Å². The van der Waals surface area contributed by atoms with Crippen LogP contribution in [0.5, 0.6) is 5.75 Å². The number of pyridine rings is 1. The van der Waals surface area contributed by atoms with Crippen molar-refractivity contribution < 1.29 is 9.13 Å². The van der Waals surface area contributed by atoms with Gasteiger partial charge in [-0.2, -0.15) is 0 Å². The van der Waals surface area contributed by atoms with Gasteiger partial charge in [-0.25, -0.2) is 4.39 Å². The molecule has 100 valence electrons. The molecule has 0 saturated heterocycles. The van der Waals surface area contributed by atoms with Crippen LogP contribution in [0.15, 0.2) is 42.7 Å². The van der Waals surface area contributed by atoms with E-state index in [0.29, 0.717) is 6.61 Å². The summed E-state index contributed by atoms with van der Waals surface area (Å²) in [5.74, 6) is 0.459. The lowest BCUT2D eigenvalue weighted by atomic mass is 9.99. The summed E-state index contributed by atoms with van der Waals surface area (Å²) >= 11 is 0. The Kier molecular flexibility index (Phi) is 4.47. The number of ether oxygens (including phenoxy) is 1. The van der Waals surface area contributed by atoms with Crippen molar-refractivity contribution in [3.8, 4) is 5.75 Å². The van der Waals surface area contributed by atoms with Crippen LogP contribution in [0.4, 0.5) is 4.39 Å². The Morgan fingerprint density at radius 2 is 2.11 bits per heavy atom. The third-order valence-corrected chi connectivity index (χ3v) is 2.88. The first-order chi connectivity index (χ1) is 9.26. The first kappa shape index (κ1) is 13.5. The Labute approximate surface area is 112 Å². The van der Waals surface area contributed by atoms with Crippen molar-refractivity contribution in [2.45, 2.75) is 13.0 Å². The summed E-state index contributed by atoms with van der Waals surface area (Å²) in [6.45, 7) is 2.53. The van der Waals surface area contributed by atoms with Gasteiger partial charge in [-0.15, -0.1) is 0 Å². The number of rotatable bonds is 5. The molecule has 0 aliphatic rings. The summed E-state index contributed by atoms with van der Waals surface area (Å²) in [6.07, 6.45) is 2.86. The molecule has 19 heavy (non-hydrogen) atoms. The maximum absolute atomic E-state index is 13.3. The molecule has 1 aromatic carbocycles. The van der Waals surface area contributed by atoms with Crippen molar-refractivity contribution in [2.24, 2.45) is 0 Å². The second-order valence-corrected chi connectivity index (χ2v) is 4.13. The van der Waals surface area contributed by atoms with E-state index < -0.39 is 0 Å². The molecule has 1 unspecified atom stereocenters. The van der Waals surface area contributed by atoms with E-state index in [0.717, 1.165) is 16.9 Å². The highest BCUT2D eigenvalue weighted by atomic mass is 19.1.